The molecule has 0 radical (unpaired) electrons. The Hall–Kier alpha value is -0.733. The molecule has 2 aromatic rings. The van der Waals surface area contributed by atoms with E-state index < -0.39 is 8.32 Å². The minimum atomic E-state index is -2.09. The van der Waals surface area contributed by atoms with Crippen molar-refractivity contribution in [2.24, 2.45) is 0 Å². The molecule has 0 bridgehead atoms. The summed E-state index contributed by atoms with van der Waals surface area (Å²) in [6.07, 6.45) is -0.662. The van der Waals surface area contributed by atoms with Crippen LogP contribution >= 0.6 is 22.9 Å². The zero-order valence-corrected chi connectivity index (χ0v) is 19.7. The molecule has 1 saturated heterocycles. The van der Waals surface area contributed by atoms with Gasteiger partial charge in [-0.05, 0) is 41.9 Å². The van der Waals surface area contributed by atoms with Gasteiger partial charge in [0.05, 0.1) is 30.8 Å². The molecule has 154 valence electrons. The van der Waals surface area contributed by atoms with Gasteiger partial charge in [0.25, 0.3) is 0 Å². The summed E-state index contributed by atoms with van der Waals surface area (Å²) in [7, 11) is -2.09. The SMILES string of the molecule is CC(C)(C)[Si](C)(C)O[C@@H](c1cccc(Cl)c1)c1cc(C2OCCO2)sc1CO. The van der Waals surface area contributed by atoms with Crippen molar-refractivity contribution in [1.82, 2.24) is 0 Å². The first-order valence-corrected chi connectivity index (χ1v) is 13.6. The predicted molar refractivity (Wildman–Crippen MR) is 116 cm³/mol. The molecule has 1 N–H and O–H groups in total. The third-order valence-electron chi connectivity index (χ3n) is 5.51. The van der Waals surface area contributed by atoms with Crippen LogP contribution in [0, 0.1) is 0 Å². The van der Waals surface area contributed by atoms with Gasteiger partial charge in [0.15, 0.2) is 14.6 Å². The molecule has 0 unspecified atom stereocenters. The summed E-state index contributed by atoms with van der Waals surface area (Å²) in [6.45, 7) is 12.3. The number of halogens is 1. The van der Waals surface area contributed by atoms with E-state index in [0.29, 0.717) is 18.2 Å². The molecule has 0 amide bonds. The Morgan fingerprint density at radius 2 is 1.93 bits per heavy atom. The fourth-order valence-electron chi connectivity index (χ4n) is 2.90. The second kappa shape index (κ2) is 8.56. The standard InChI is InChI=1S/C21H29ClO4SSi/c1-21(2,3)28(4,5)26-19(14-7-6-8-15(22)11-14)16-12-17(27-18(16)13-23)20-24-9-10-25-20/h6-8,11-12,19-20,23H,9-10,13H2,1-5H3/t19-/m0/s1. The number of hydrogen-bond donors (Lipinski definition) is 1. The van der Waals surface area contributed by atoms with E-state index in [2.05, 4.69) is 39.9 Å². The van der Waals surface area contributed by atoms with Crippen molar-refractivity contribution in [1.29, 1.82) is 0 Å². The maximum Gasteiger partial charge on any atom is 0.193 e. The van der Waals surface area contributed by atoms with Crippen LogP contribution in [0.3, 0.4) is 0 Å². The Kier molecular flexibility index (Phi) is 6.71. The van der Waals surface area contributed by atoms with Gasteiger partial charge in [-0.15, -0.1) is 11.3 Å². The van der Waals surface area contributed by atoms with Crippen molar-refractivity contribution in [3.8, 4) is 0 Å². The Morgan fingerprint density at radius 1 is 1.25 bits per heavy atom. The van der Waals surface area contributed by atoms with E-state index in [4.69, 9.17) is 25.5 Å². The molecule has 7 heteroatoms. The van der Waals surface area contributed by atoms with Gasteiger partial charge in [-0.1, -0.05) is 44.5 Å². The largest absolute Gasteiger partial charge is 0.406 e. The van der Waals surface area contributed by atoms with Gasteiger partial charge in [-0.25, -0.2) is 0 Å². The minimum absolute atomic E-state index is 0.0509. The van der Waals surface area contributed by atoms with Crippen molar-refractivity contribution in [2.45, 2.75) is 57.9 Å². The van der Waals surface area contributed by atoms with Crippen LogP contribution in [-0.2, 0) is 20.5 Å². The predicted octanol–water partition coefficient (Wildman–Crippen LogP) is 6.05. The van der Waals surface area contributed by atoms with Crippen molar-refractivity contribution in [2.75, 3.05) is 13.2 Å². The smallest absolute Gasteiger partial charge is 0.193 e. The Labute approximate surface area is 177 Å². The van der Waals surface area contributed by atoms with Crippen LogP contribution in [0.5, 0.6) is 0 Å². The van der Waals surface area contributed by atoms with Crippen LogP contribution in [0.2, 0.25) is 23.2 Å². The molecular weight excluding hydrogens is 412 g/mol. The highest BCUT2D eigenvalue weighted by Crippen LogP contribution is 2.44. The zero-order chi connectivity index (χ0) is 20.5. The second-order valence-electron chi connectivity index (χ2n) is 8.57. The molecule has 4 nitrogen and oxygen atoms in total. The molecule has 1 atom stereocenters. The molecule has 0 spiro atoms. The normalized spacial score (nSPS) is 17.2. The summed E-state index contributed by atoms with van der Waals surface area (Å²) in [6, 6.07) is 9.84. The monoisotopic (exact) mass is 440 g/mol. The first kappa shape index (κ1) is 22.0. The molecule has 1 aliphatic rings. The van der Waals surface area contributed by atoms with E-state index in [1.807, 2.05) is 24.3 Å². The van der Waals surface area contributed by atoms with Gasteiger partial charge in [-0.3, -0.25) is 0 Å². The number of ether oxygens (including phenoxy) is 2. The maximum absolute atomic E-state index is 10.0. The fourth-order valence-corrected chi connectivity index (χ4v) is 5.36. The number of rotatable bonds is 6. The molecule has 1 aromatic carbocycles. The fraction of sp³-hybridized carbons (Fsp3) is 0.524. The zero-order valence-electron chi connectivity index (χ0n) is 17.1. The van der Waals surface area contributed by atoms with Crippen molar-refractivity contribution < 1.29 is 19.0 Å². The Morgan fingerprint density at radius 3 is 2.50 bits per heavy atom. The lowest BCUT2D eigenvalue weighted by Gasteiger charge is -2.39. The topological polar surface area (TPSA) is 47.9 Å². The molecule has 2 heterocycles. The molecule has 0 saturated carbocycles. The maximum atomic E-state index is 10.0. The Balaban J connectivity index is 2.06. The first-order valence-electron chi connectivity index (χ1n) is 9.52. The Bertz CT molecular complexity index is 809. The highest BCUT2D eigenvalue weighted by atomic mass is 35.5. The highest BCUT2D eigenvalue weighted by Gasteiger charge is 2.40. The van der Waals surface area contributed by atoms with Crippen molar-refractivity contribution in [3.05, 3.63) is 56.2 Å². The summed E-state index contributed by atoms with van der Waals surface area (Å²) >= 11 is 7.81. The van der Waals surface area contributed by atoms with E-state index >= 15 is 0 Å². The van der Waals surface area contributed by atoms with Crippen molar-refractivity contribution >= 4 is 31.3 Å². The van der Waals surface area contributed by atoms with E-state index in [1.54, 1.807) is 0 Å². The number of aliphatic hydroxyl groups excluding tert-OH is 1. The molecule has 1 fully saturated rings. The van der Waals surface area contributed by atoms with Crippen LogP contribution < -0.4 is 0 Å². The molecule has 1 aliphatic heterocycles. The van der Waals surface area contributed by atoms with Gasteiger partial charge < -0.3 is 19.0 Å². The molecular formula is C21H29ClO4SSi. The van der Waals surface area contributed by atoms with E-state index in [9.17, 15) is 5.11 Å². The number of benzene rings is 1. The van der Waals surface area contributed by atoms with Crippen LogP contribution in [0.15, 0.2) is 30.3 Å². The average Bonchev–Trinajstić information content (AvgIpc) is 3.28. The number of aliphatic hydroxyl groups is 1. The number of hydrogen-bond acceptors (Lipinski definition) is 5. The summed E-state index contributed by atoms with van der Waals surface area (Å²) in [4.78, 5) is 1.83. The highest BCUT2D eigenvalue weighted by molar-refractivity contribution is 7.12. The van der Waals surface area contributed by atoms with E-state index in [-0.39, 0.29) is 24.0 Å². The minimum Gasteiger partial charge on any atom is -0.406 e. The van der Waals surface area contributed by atoms with E-state index in [1.165, 1.54) is 11.3 Å². The molecule has 1 aromatic heterocycles. The number of thiophene rings is 1. The third-order valence-corrected chi connectivity index (χ3v) is 11.3. The van der Waals surface area contributed by atoms with Gasteiger partial charge in [0.1, 0.15) is 0 Å². The van der Waals surface area contributed by atoms with Gasteiger partial charge in [0.2, 0.25) is 0 Å². The van der Waals surface area contributed by atoms with Crippen LogP contribution in [0.1, 0.15) is 54.0 Å². The van der Waals surface area contributed by atoms with Crippen LogP contribution in [-0.4, -0.2) is 26.6 Å². The molecule has 0 aliphatic carbocycles. The van der Waals surface area contributed by atoms with Gasteiger partial charge in [0, 0.05) is 15.5 Å². The average molecular weight is 441 g/mol. The lowest BCUT2D eigenvalue weighted by Crippen LogP contribution is -2.42. The first-order chi connectivity index (χ1) is 13.1. The lowest BCUT2D eigenvalue weighted by atomic mass is 10.0. The molecule has 28 heavy (non-hydrogen) atoms. The lowest BCUT2D eigenvalue weighted by molar-refractivity contribution is -0.0413. The third kappa shape index (κ3) is 4.70. The summed E-state index contributed by atoms with van der Waals surface area (Å²) in [5, 5.41) is 10.8. The van der Waals surface area contributed by atoms with Crippen molar-refractivity contribution in [3.63, 3.8) is 0 Å². The summed E-state index contributed by atoms with van der Waals surface area (Å²) < 4.78 is 18.2. The summed E-state index contributed by atoms with van der Waals surface area (Å²) in [5.74, 6) is 0. The van der Waals surface area contributed by atoms with Gasteiger partial charge >= 0.3 is 0 Å². The van der Waals surface area contributed by atoms with Crippen LogP contribution in [0.25, 0.3) is 0 Å². The van der Waals surface area contributed by atoms with Gasteiger partial charge in [-0.2, -0.15) is 0 Å². The quantitative estimate of drug-likeness (QED) is 0.555. The second-order valence-corrected chi connectivity index (χ2v) is 14.9. The van der Waals surface area contributed by atoms with E-state index in [0.717, 1.165) is 20.9 Å². The summed E-state index contributed by atoms with van der Waals surface area (Å²) in [5.41, 5.74) is 1.96. The molecule has 3 rings (SSSR count). The van der Waals surface area contributed by atoms with Crippen LogP contribution in [0.4, 0.5) is 0 Å².